The van der Waals surface area contributed by atoms with Crippen LogP contribution in [0.25, 0.3) is 0 Å². The highest BCUT2D eigenvalue weighted by Crippen LogP contribution is 2.25. The molecule has 2 rings (SSSR count). The second-order valence-electron chi connectivity index (χ2n) is 5.56. The predicted octanol–water partition coefficient (Wildman–Crippen LogP) is 4.48. The standard InChI is InChI=1S/C18H21NO2/c1-11-5-8-16(13(3)9-11)14(4)19-17-10-15(18(20)21)7-6-12(17)2/h5-10,14,19H,1-4H3,(H,20,21). The second-order valence-corrected chi connectivity index (χ2v) is 5.56. The molecule has 0 saturated carbocycles. The first-order valence-electron chi connectivity index (χ1n) is 7.06. The van der Waals surface area contributed by atoms with Crippen molar-refractivity contribution in [2.45, 2.75) is 33.7 Å². The van der Waals surface area contributed by atoms with Crippen molar-refractivity contribution >= 4 is 11.7 Å². The molecule has 1 unspecified atom stereocenters. The third-order valence-electron chi connectivity index (χ3n) is 3.75. The molecule has 0 aliphatic rings. The van der Waals surface area contributed by atoms with E-state index in [0.29, 0.717) is 5.56 Å². The van der Waals surface area contributed by atoms with Gasteiger partial charge < -0.3 is 10.4 Å². The van der Waals surface area contributed by atoms with E-state index < -0.39 is 5.97 Å². The van der Waals surface area contributed by atoms with E-state index in [1.54, 1.807) is 12.1 Å². The Kier molecular flexibility index (Phi) is 4.32. The minimum Gasteiger partial charge on any atom is -0.478 e. The number of aryl methyl sites for hydroxylation is 3. The highest BCUT2D eigenvalue weighted by molar-refractivity contribution is 5.89. The zero-order valence-corrected chi connectivity index (χ0v) is 12.9. The molecule has 2 aromatic rings. The van der Waals surface area contributed by atoms with Crippen LogP contribution in [0.3, 0.4) is 0 Å². The number of benzene rings is 2. The molecule has 2 aromatic carbocycles. The Morgan fingerprint density at radius 1 is 1.05 bits per heavy atom. The van der Waals surface area contributed by atoms with E-state index in [1.807, 2.05) is 13.0 Å². The lowest BCUT2D eigenvalue weighted by Gasteiger charge is -2.20. The molecule has 0 heterocycles. The SMILES string of the molecule is Cc1ccc(C(C)Nc2cc(C(=O)O)ccc2C)c(C)c1. The largest absolute Gasteiger partial charge is 0.478 e. The molecule has 0 bridgehead atoms. The Balaban J connectivity index is 2.28. The number of hydrogen-bond donors (Lipinski definition) is 2. The smallest absolute Gasteiger partial charge is 0.335 e. The fourth-order valence-electron chi connectivity index (χ4n) is 2.53. The van der Waals surface area contributed by atoms with Crippen LogP contribution in [0.1, 0.15) is 45.6 Å². The van der Waals surface area contributed by atoms with Gasteiger partial charge >= 0.3 is 5.97 Å². The van der Waals surface area contributed by atoms with E-state index in [-0.39, 0.29) is 6.04 Å². The van der Waals surface area contributed by atoms with Crippen LogP contribution >= 0.6 is 0 Å². The number of carboxylic acids is 1. The molecule has 0 amide bonds. The van der Waals surface area contributed by atoms with Crippen LogP contribution in [0.15, 0.2) is 36.4 Å². The molecular weight excluding hydrogens is 262 g/mol. The molecule has 3 heteroatoms. The summed E-state index contributed by atoms with van der Waals surface area (Å²) >= 11 is 0. The second kappa shape index (κ2) is 6.00. The Morgan fingerprint density at radius 2 is 1.76 bits per heavy atom. The molecule has 21 heavy (non-hydrogen) atoms. The number of carbonyl (C=O) groups is 1. The van der Waals surface area contributed by atoms with Crippen molar-refractivity contribution in [3.05, 3.63) is 64.2 Å². The van der Waals surface area contributed by atoms with Crippen molar-refractivity contribution in [1.29, 1.82) is 0 Å². The average Bonchev–Trinajstić information content (AvgIpc) is 2.40. The molecule has 0 aliphatic carbocycles. The Hall–Kier alpha value is -2.29. The first-order chi connectivity index (χ1) is 9.88. The van der Waals surface area contributed by atoms with Gasteiger partial charge in [-0.3, -0.25) is 0 Å². The monoisotopic (exact) mass is 283 g/mol. The summed E-state index contributed by atoms with van der Waals surface area (Å²) in [7, 11) is 0. The number of hydrogen-bond acceptors (Lipinski definition) is 2. The maximum Gasteiger partial charge on any atom is 0.335 e. The maximum absolute atomic E-state index is 11.1. The van der Waals surface area contributed by atoms with Gasteiger partial charge in [0.1, 0.15) is 0 Å². The van der Waals surface area contributed by atoms with E-state index in [4.69, 9.17) is 5.11 Å². The minimum atomic E-state index is -0.905. The van der Waals surface area contributed by atoms with Crippen molar-refractivity contribution in [3.63, 3.8) is 0 Å². The number of anilines is 1. The van der Waals surface area contributed by atoms with Gasteiger partial charge in [0.05, 0.1) is 5.56 Å². The fraction of sp³-hybridized carbons (Fsp3) is 0.278. The molecule has 0 aromatic heterocycles. The van der Waals surface area contributed by atoms with Crippen molar-refractivity contribution in [2.75, 3.05) is 5.32 Å². The Bertz CT molecular complexity index is 677. The lowest BCUT2D eigenvalue weighted by Crippen LogP contribution is -2.10. The molecular formula is C18H21NO2. The molecule has 2 N–H and O–H groups in total. The van der Waals surface area contributed by atoms with E-state index in [2.05, 4.69) is 44.3 Å². The third kappa shape index (κ3) is 3.43. The highest BCUT2D eigenvalue weighted by Gasteiger charge is 2.11. The lowest BCUT2D eigenvalue weighted by molar-refractivity contribution is 0.0697. The van der Waals surface area contributed by atoms with E-state index in [9.17, 15) is 4.79 Å². The molecule has 0 aliphatic heterocycles. The number of rotatable bonds is 4. The summed E-state index contributed by atoms with van der Waals surface area (Å²) in [5.41, 5.74) is 5.91. The lowest BCUT2D eigenvalue weighted by atomic mass is 9.99. The minimum absolute atomic E-state index is 0.119. The van der Waals surface area contributed by atoms with E-state index in [0.717, 1.165) is 11.3 Å². The number of carboxylic acid groups (broad SMARTS) is 1. The Morgan fingerprint density at radius 3 is 2.38 bits per heavy atom. The molecule has 110 valence electrons. The Labute approximate surface area is 125 Å². The zero-order chi connectivity index (χ0) is 15.6. The van der Waals surface area contributed by atoms with E-state index >= 15 is 0 Å². The van der Waals surface area contributed by atoms with Crippen molar-refractivity contribution in [3.8, 4) is 0 Å². The van der Waals surface area contributed by atoms with Crippen molar-refractivity contribution in [1.82, 2.24) is 0 Å². The number of aromatic carboxylic acids is 1. The third-order valence-corrected chi connectivity index (χ3v) is 3.75. The summed E-state index contributed by atoms with van der Waals surface area (Å²) in [6.45, 7) is 8.24. The van der Waals surface area contributed by atoms with Gasteiger partial charge in [0.2, 0.25) is 0 Å². The average molecular weight is 283 g/mol. The maximum atomic E-state index is 11.1. The fourth-order valence-corrected chi connectivity index (χ4v) is 2.53. The molecule has 0 spiro atoms. The van der Waals surface area contributed by atoms with Gasteiger partial charge in [-0.25, -0.2) is 4.79 Å². The summed E-state index contributed by atoms with van der Waals surface area (Å²) in [6.07, 6.45) is 0. The molecule has 0 radical (unpaired) electrons. The quantitative estimate of drug-likeness (QED) is 0.869. The van der Waals surface area contributed by atoms with Crippen LogP contribution in [0, 0.1) is 20.8 Å². The first-order valence-corrected chi connectivity index (χ1v) is 7.06. The van der Waals surface area contributed by atoms with Crippen LogP contribution in [-0.4, -0.2) is 11.1 Å². The number of nitrogens with one attached hydrogen (secondary N) is 1. The molecule has 1 atom stereocenters. The summed E-state index contributed by atoms with van der Waals surface area (Å²) in [5, 5.41) is 12.5. The van der Waals surface area contributed by atoms with Gasteiger partial charge in [0.15, 0.2) is 0 Å². The molecule has 3 nitrogen and oxygen atoms in total. The first kappa shape index (κ1) is 15.1. The summed E-state index contributed by atoms with van der Waals surface area (Å²) in [6, 6.07) is 11.7. The van der Waals surface area contributed by atoms with Crippen molar-refractivity contribution in [2.24, 2.45) is 0 Å². The molecule has 0 saturated heterocycles. The summed E-state index contributed by atoms with van der Waals surface area (Å²) < 4.78 is 0. The van der Waals surface area contributed by atoms with Gasteiger partial charge in [-0.05, 0) is 56.5 Å². The van der Waals surface area contributed by atoms with Crippen LogP contribution in [0.5, 0.6) is 0 Å². The van der Waals surface area contributed by atoms with Gasteiger partial charge in [0.25, 0.3) is 0 Å². The molecule has 0 fully saturated rings. The predicted molar refractivity (Wildman–Crippen MR) is 86.1 cm³/mol. The van der Waals surface area contributed by atoms with Crippen molar-refractivity contribution < 1.29 is 9.90 Å². The van der Waals surface area contributed by atoms with Gasteiger partial charge in [-0.2, -0.15) is 0 Å². The topological polar surface area (TPSA) is 49.3 Å². The zero-order valence-electron chi connectivity index (χ0n) is 12.9. The summed E-state index contributed by atoms with van der Waals surface area (Å²) in [5.74, 6) is -0.905. The van der Waals surface area contributed by atoms with Gasteiger partial charge in [-0.15, -0.1) is 0 Å². The van der Waals surface area contributed by atoms with Crippen LogP contribution < -0.4 is 5.32 Å². The van der Waals surface area contributed by atoms with E-state index in [1.165, 1.54) is 16.7 Å². The normalized spacial score (nSPS) is 12.0. The summed E-state index contributed by atoms with van der Waals surface area (Å²) in [4.78, 5) is 11.1. The van der Waals surface area contributed by atoms with Crippen LogP contribution in [-0.2, 0) is 0 Å². The van der Waals surface area contributed by atoms with Gasteiger partial charge in [-0.1, -0.05) is 29.8 Å². The highest BCUT2D eigenvalue weighted by atomic mass is 16.4. The van der Waals surface area contributed by atoms with Gasteiger partial charge in [0, 0.05) is 11.7 Å². The van der Waals surface area contributed by atoms with Crippen LogP contribution in [0.2, 0.25) is 0 Å². The van der Waals surface area contributed by atoms with Crippen LogP contribution in [0.4, 0.5) is 5.69 Å².